The predicted molar refractivity (Wildman–Crippen MR) is 36.4 cm³/mol. The number of carbonyl (C=O) groups is 1. The second-order valence-corrected chi connectivity index (χ2v) is 9.86. The first kappa shape index (κ1) is 8.79. The molecule has 1 fully saturated rings. The van der Waals surface area contributed by atoms with Crippen molar-refractivity contribution in [3.8, 4) is 0 Å². The summed E-state index contributed by atoms with van der Waals surface area (Å²) in [5, 5.41) is 2.94. The number of hydrogen-bond acceptors (Lipinski definition) is 1. The molecular formula is C6H10ClHgNO. The summed E-state index contributed by atoms with van der Waals surface area (Å²) < 4.78 is 1.12. The van der Waals surface area contributed by atoms with Crippen LogP contribution in [-0.2, 0) is 28.1 Å². The second kappa shape index (κ2) is 3.91. The standard InChI is InChI=1S/C6H10NO.ClH.Hg/c1-4-3-6(8)7-5(4)2;;/h4-5H,2-3H2,1H3,(H,7,8);1H;/q;;+1/p-1/t4-,5+;;/m1../s1. The van der Waals surface area contributed by atoms with E-state index in [9.17, 15) is 4.79 Å². The van der Waals surface area contributed by atoms with E-state index < -0.39 is 23.3 Å². The van der Waals surface area contributed by atoms with Crippen LogP contribution in [0.15, 0.2) is 0 Å². The summed E-state index contributed by atoms with van der Waals surface area (Å²) >= 11 is -1.04. The molecule has 0 radical (unpaired) electrons. The van der Waals surface area contributed by atoms with E-state index >= 15 is 0 Å². The Morgan fingerprint density at radius 1 is 1.90 bits per heavy atom. The molecule has 0 aromatic heterocycles. The van der Waals surface area contributed by atoms with Crippen molar-refractivity contribution in [3.05, 3.63) is 0 Å². The normalized spacial score (nSPS) is 31.6. The Labute approximate surface area is 76.6 Å². The Hall–Kier alpha value is 0.695. The second-order valence-electron chi connectivity index (χ2n) is 2.83. The topological polar surface area (TPSA) is 29.1 Å². The van der Waals surface area contributed by atoms with Gasteiger partial charge in [-0.15, -0.1) is 0 Å². The molecule has 0 aromatic rings. The average molecular weight is 348 g/mol. The zero-order valence-corrected chi connectivity index (χ0v) is 12.3. The summed E-state index contributed by atoms with van der Waals surface area (Å²) in [4.78, 5) is 10.8. The molecular weight excluding hydrogens is 338 g/mol. The molecule has 0 unspecified atom stereocenters. The number of hydrogen-bond donors (Lipinski definition) is 1. The van der Waals surface area contributed by atoms with Gasteiger partial charge < -0.3 is 0 Å². The van der Waals surface area contributed by atoms with E-state index in [1.54, 1.807) is 0 Å². The van der Waals surface area contributed by atoms with Crippen molar-refractivity contribution >= 4 is 14.2 Å². The maximum absolute atomic E-state index is 10.8. The number of nitrogens with one attached hydrogen (secondary N) is 1. The van der Waals surface area contributed by atoms with Gasteiger partial charge in [-0.2, -0.15) is 0 Å². The van der Waals surface area contributed by atoms with Crippen LogP contribution in [0.5, 0.6) is 0 Å². The SMILES string of the molecule is C[C@@H]1CC(=O)N[C@H]1[CH2][Hg][Cl]. The van der Waals surface area contributed by atoms with Gasteiger partial charge in [-0.1, -0.05) is 0 Å². The van der Waals surface area contributed by atoms with E-state index in [1.807, 2.05) is 0 Å². The molecule has 0 aliphatic carbocycles. The minimum atomic E-state index is -1.04. The molecule has 0 saturated carbocycles. The van der Waals surface area contributed by atoms with E-state index in [4.69, 9.17) is 8.25 Å². The molecule has 54 valence electrons. The number of rotatable bonds is 2. The third kappa shape index (κ3) is 2.09. The van der Waals surface area contributed by atoms with Crippen LogP contribution in [0.1, 0.15) is 13.3 Å². The first-order chi connectivity index (χ1) is 4.74. The van der Waals surface area contributed by atoms with Gasteiger partial charge >= 0.3 is 76.8 Å². The molecule has 4 heteroatoms. The molecule has 2 nitrogen and oxygen atoms in total. The third-order valence-electron chi connectivity index (χ3n) is 1.96. The molecule has 2 atom stereocenters. The molecule has 1 N–H and O–H groups in total. The summed E-state index contributed by atoms with van der Waals surface area (Å²) in [6.45, 7) is 2.11. The van der Waals surface area contributed by atoms with Crippen molar-refractivity contribution in [2.24, 2.45) is 5.92 Å². The Morgan fingerprint density at radius 2 is 2.60 bits per heavy atom. The predicted octanol–water partition coefficient (Wildman–Crippen LogP) is 1.17. The van der Waals surface area contributed by atoms with Crippen LogP contribution in [0.3, 0.4) is 0 Å². The summed E-state index contributed by atoms with van der Waals surface area (Å²) in [6.07, 6.45) is 0.704. The Balaban J connectivity index is 2.38. The van der Waals surface area contributed by atoms with Crippen LogP contribution in [0.4, 0.5) is 0 Å². The minimum absolute atomic E-state index is 0.205. The van der Waals surface area contributed by atoms with E-state index in [-0.39, 0.29) is 5.91 Å². The number of amides is 1. The molecule has 1 saturated heterocycles. The number of halogens is 1. The molecule has 0 spiro atoms. The molecule has 10 heavy (non-hydrogen) atoms. The van der Waals surface area contributed by atoms with Gasteiger partial charge in [0.2, 0.25) is 0 Å². The van der Waals surface area contributed by atoms with Gasteiger partial charge in [-0.25, -0.2) is 0 Å². The van der Waals surface area contributed by atoms with Crippen molar-refractivity contribution in [1.82, 2.24) is 5.32 Å². The zero-order chi connectivity index (χ0) is 7.56. The average Bonchev–Trinajstić information content (AvgIpc) is 2.13. The first-order valence-electron chi connectivity index (χ1n) is 3.59. The van der Waals surface area contributed by atoms with Gasteiger partial charge in [0, 0.05) is 0 Å². The van der Waals surface area contributed by atoms with Crippen molar-refractivity contribution in [2.75, 3.05) is 0 Å². The summed E-state index contributed by atoms with van der Waals surface area (Å²) in [7, 11) is 5.77. The monoisotopic (exact) mass is 349 g/mol. The molecule has 0 aromatic carbocycles. The van der Waals surface area contributed by atoms with E-state index in [1.165, 1.54) is 0 Å². The molecule has 1 amide bonds. The first-order valence-corrected chi connectivity index (χ1v) is 14.2. The summed E-state index contributed by atoms with van der Waals surface area (Å²) in [6, 6.07) is 0.423. The fourth-order valence-electron chi connectivity index (χ4n) is 1.32. The van der Waals surface area contributed by atoms with Gasteiger partial charge in [0.25, 0.3) is 0 Å². The van der Waals surface area contributed by atoms with E-state index in [0.29, 0.717) is 18.4 Å². The maximum atomic E-state index is 10.8. The van der Waals surface area contributed by atoms with E-state index in [2.05, 4.69) is 12.2 Å². The van der Waals surface area contributed by atoms with Crippen LogP contribution < -0.4 is 5.32 Å². The van der Waals surface area contributed by atoms with Crippen molar-refractivity contribution in [3.63, 3.8) is 0 Å². The van der Waals surface area contributed by atoms with Gasteiger partial charge in [-0.3, -0.25) is 0 Å². The Bertz CT molecular complexity index is 142. The van der Waals surface area contributed by atoms with Crippen LogP contribution in [0.2, 0.25) is 3.93 Å². The molecule has 1 aliphatic rings. The third-order valence-corrected chi connectivity index (χ3v) is 7.14. The number of carbonyl (C=O) groups excluding carboxylic acids is 1. The van der Waals surface area contributed by atoms with Gasteiger partial charge in [0.1, 0.15) is 0 Å². The Kier molecular flexibility index (Phi) is 3.43. The van der Waals surface area contributed by atoms with Crippen LogP contribution in [0, 0.1) is 5.92 Å². The van der Waals surface area contributed by atoms with Gasteiger partial charge in [0.15, 0.2) is 0 Å². The van der Waals surface area contributed by atoms with Crippen LogP contribution in [-0.4, -0.2) is 11.9 Å². The Morgan fingerprint density at radius 3 is 3.00 bits per heavy atom. The quantitative estimate of drug-likeness (QED) is 0.746. The summed E-state index contributed by atoms with van der Waals surface area (Å²) in [5.74, 6) is 0.724. The molecule has 1 heterocycles. The van der Waals surface area contributed by atoms with Crippen molar-refractivity contribution in [2.45, 2.75) is 23.3 Å². The fourth-order valence-corrected chi connectivity index (χ4v) is 7.07. The van der Waals surface area contributed by atoms with Gasteiger partial charge in [-0.05, 0) is 0 Å². The van der Waals surface area contributed by atoms with Crippen molar-refractivity contribution in [1.29, 1.82) is 0 Å². The van der Waals surface area contributed by atoms with Crippen LogP contribution >= 0.6 is 8.25 Å². The molecule has 1 rings (SSSR count). The molecule has 0 bridgehead atoms. The van der Waals surface area contributed by atoms with Crippen LogP contribution in [0.25, 0.3) is 0 Å². The van der Waals surface area contributed by atoms with Gasteiger partial charge in [0.05, 0.1) is 0 Å². The zero-order valence-electron chi connectivity index (χ0n) is 6.06. The van der Waals surface area contributed by atoms with E-state index in [0.717, 1.165) is 3.93 Å². The molecule has 1 aliphatic heterocycles. The van der Waals surface area contributed by atoms with Crippen molar-refractivity contribution < 1.29 is 28.1 Å². The fraction of sp³-hybridized carbons (Fsp3) is 0.833. The summed E-state index contributed by atoms with van der Waals surface area (Å²) in [5.41, 5.74) is 0.